The van der Waals surface area contributed by atoms with Gasteiger partial charge >= 0.3 is 5.97 Å². The van der Waals surface area contributed by atoms with Gasteiger partial charge in [0.2, 0.25) is 5.91 Å². The predicted molar refractivity (Wildman–Crippen MR) is 105 cm³/mol. The summed E-state index contributed by atoms with van der Waals surface area (Å²) in [5.41, 5.74) is 1.75. The maximum atomic E-state index is 11.9. The van der Waals surface area contributed by atoms with Crippen LogP contribution < -0.4 is 5.32 Å². The number of carbonyl (C=O) groups is 2. The number of ether oxygens (including phenoxy) is 1. The van der Waals surface area contributed by atoms with Crippen LogP contribution in [0.15, 0.2) is 53.9 Å². The molecular formula is C19H16N2O3S2. The Kier molecular flexibility index (Phi) is 5.93. The summed E-state index contributed by atoms with van der Waals surface area (Å²) in [6.45, 7) is 1.48. The first-order chi connectivity index (χ1) is 12.6. The lowest BCUT2D eigenvalue weighted by Crippen LogP contribution is -2.06. The molecule has 0 saturated carbocycles. The normalized spacial score (nSPS) is 10.8. The summed E-state index contributed by atoms with van der Waals surface area (Å²) in [7, 11) is 0. The SMILES string of the molecule is CC(=O)Nc1nc(COC(=O)/C=C/c2ccc(-c3ccccc3)s2)cs1. The first-order valence-corrected chi connectivity index (χ1v) is 9.52. The fraction of sp³-hybridized carbons (Fsp3) is 0.105. The number of aromatic nitrogens is 1. The Morgan fingerprint density at radius 1 is 1.19 bits per heavy atom. The van der Waals surface area contributed by atoms with Crippen LogP contribution in [0.1, 0.15) is 17.5 Å². The van der Waals surface area contributed by atoms with E-state index in [0.717, 1.165) is 15.3 Å². The maximum absolute atomic E-state index is 11.9. The molecule has 0 atom stereocenters. The van der Waals surface area contributed by atoms with Gasteiger partial charge in [0.15, 0.2) is 5.13 Å². The summed E-state index contributed by atoms with van der Waals surface area (Å²) in [4.78, 5) is 29.1. The molecule has 3 aromatic rings. The Balaban J connectivity index is 1.52. The van der Waals surface area contributed by atoms with Crippen LogP contribution in [0.2, 0.25) is 0 Å². The smallest absolute Gasteiger partial charge is 0.331 e. The lowest BCUT2D eigenvalue weighted by Gasteiger charge is -1.98. The molecule has 1 aromatic carbocycles. The molecule has 0 aliphatic rings. The molecular weight excluding hydrogens is 368 g/mol. The molecule has 7 heteroatoms. The number of nitrogens with one attached hydrogen (secondary N) is 1. The van der Waals surface area contributed by atoms with E-state index in [9.17, 15) is 9.59 Å². The van der Waals surface area contributed by atoms with Crippen molar-refractivity contribution < 1.29 is 14.3 Å². The summed E-state index contributed by atoms with van der Waals surface area (Å²) in [6, 6.07) is 14.1. The van der Waals surface area contributed by atoms with Gasteiger partial charge < -0.3 is 10.1 Å². The Labute approximate surface area is 159 Å². The molecule has 2 aromatic heterocycles. The summed E-state index contributed by atoms with van der Waals surface area (Å²) in [6.07, 6.45) is 3.14. The highest BCUT2D eigenvalue weighted by molar-refractivity contribution is 7.16. The number of hydrogen-bond acceptors (Lipinski definition) is 6. The number of esters is 1. The predicted octanol–water partition coefficient (Wildman–Crippen LogP) is 4.59. The second-order valence-electron chi connectivity index (χ2n) is 5.33. The largest absolute Gasteiger partial charge is 0.456 e. The number of hydrogen-bond donors (Lipinski definition) is 1. The van der Waals surface area contributed by atoms with Gasteiger partial charge in [-0.15, -0.1) is 22.7 Å². The minimum atomic E-state index is -0.436. The average Bonchev–Trinajstić information content (AvgIpc) is 3.28. The zero-order chi connectivity index (χ0) is 18.4. The number of anilines is 1. The lowest BCUT2D eigenvalue weighted by molar-refractivity contribution is -0.139. The fourth-order valence-corrected chi connectivity index (χ4v) is 3.78. The van der Waals surface area contributed by atoms with E-state index in [1.807, 2.05) is 30.3 Å². The quantitative estimate of drug-likeness (QED) is 0.499. The molecule has 0 aliphatic carbocycles. The van der Waals surface area contributed by atoms with Crippen LogP contribution in [0, 0.1) is 0 Å². The molecule has 132 valence electrons. The second-order valence-corrected chi connectivity index (χ2v) is 7.31. The molecule has 5 nitrogen and oxygen atoms in total. The van der Waals surface area contributed by atoms with Gasteiger partial charge in [-0.25, -0.2) is 9.78 Å². The minimum Gasteiger partial charge on any atom is -0.456 e. The molecule has 3 rings (SSSR count). The first kappa shape index (κ1) is 18.0. The highest BCUT2D eigenvalue weighted by Crippen LogP contribution is 2.28. The Morgan fingerprint density at radius 2 is 2.00 bits per heavy atom. The Bertz CT molecular complexity index is 929. The summed E-state index contributed by atoms with van der Waals surface area (Å²) in [5.74, 6) is -0.620. The van der Waals surface area contributed by atoms with Crippen molar-refractivity contribution in [3.8, 4) is 10.4 Å². The Hall–Kier alpha value is -2.77. The van der Waals surface area contributed by atoms with E-state index in [0.29, 0.717) is 10.8 Å². The van der Waals surface area contributed by atoms with E-state index in [4.69, 9.17) is 4.74 Å². The van der Waals surface area contributed by atoms with Crippen molar-refractivity contribution in [2.24, 2.45) is 0 Å². The molecule has 0 spiro atoms. The number of thiazole rings is 1. The molecule has 0 bridgehead atoms. The topological polar surface area (TPSA) is 68.3 Å². The summed E-state index contributed by atoms with van der Waals surface area (Å²) < 4.78 is 5.17. The number of carbonyl (C=O) groups excluding carboxylic acids is 2. The van der Waals surface area contributed by atoms with Crippen molar-refractivity contribution in [2.75, 3.05) is 5.32 Å². The van der Waals surface area contributed by atoms with Crippen LogP contribution in [0.5, 0.6) is 0 Å². The van der Waals surface area contributed by atoms with Crippen LogP contribution in [0.3, 0.4) is 0 Å². The molecule has 0 aliphatic heterocycles. The second kappa shape index (κ2) is 8.55. The lowest BCUT2D eigenvalue weighted by atomic mass is 10.2. The van der Waals surface area contributed by atoms with E-state index in [1.54, 1.807) is 22.8 Å². The van der Waals surface area contributed by atoms with Gasteiger partial charge in [0, 0.05) is 28.1 Å². The van der Waals surface area contributed by atoms with Gasteiger partial charge in [0.05, 0.1) is 5.69 Å². The fourth-order valence-electron chi connectivity index (χ4n) is 2.12. The van der Waals surface area contributed by atoms with Gasteiger partial charge in [-0.2, -0.15) is 0 Å². The van der Waals surface area contributed by atoms with E-state index in [1.165, 1.54) is 24.3 Å². The minimum absolute atomic E-state index is 0.0684. The number of rotatable bonds is 6. The van der Waals surface area contributed by atoms with Crippen molar-refractivity contribution in [2.45, 2.75) is 13.5 Å². The number of nitrogens with zero attached hydrogens (tertiary/aromatic N) is 1. The van der Waals surface area contributed by atoms with Crippen LogP contribution in [-0.2, 0) is 20.9 Å². The van der Waals surface area contributed by atoms with Crippen molar-refractivity contribution >= 4 is 45.8 Å². The third kappa shape index (κ3) is 5.11. The third-order valence-corrected chi connectivity index (χ3v) is 5.17. The molecule has 0 unspecified atom stereocenters. The van der Waals surface area contributed by atoms with E-state index < -0.39 is 5.97 Å². The zero-order valence-corrected chi connectivity index (χ0v) is 15.6. The van der Waals surface area contributed by atoms with Crippen molar-refractivity contribution in [1.82, 2.24) is 4.98 Å². The van der Waals surface area contributed by atoms with Crippen molar-refractivity contribution in [3.05, 3.63) is 64.5 Å². The first-order valence-electron chi connectivity index (χ1n) is 7.82. The molecule has 0 saturated heterocycles. The van der Waals surface area contributed by atoms with E-state index in [2.05, 4.69) is 22.4 Å². The van der Waals surface area contributed by atoms with Crippen LogP contribution in [0.4, 0.5) is 5.13 Å². The molecule has 1 N–H and O–H groups in total. The maximum Gasteiger partial charge on any atom is 0.331 e. The molecule has 0 radical (unpaired) electrons. The average molecular weight is 384 g/mol. The summed E-state index contributed by atoms with van der Waals surface area (Å²) in [5, 5.41) is 4.83. The molecule has 26 heavy (non-hydrogen) atoms. The monoisotopic (exact) mass is 384 g/mol. The van der Waals surface area contributed by atoms with Crippen molar-refractivity contribution in [3.63, 3.8) is 0 Å². The van der Waals surface area contributed by atoms with Gasteiger partial charge in [-0.1, -0.05) is 30.3 Å². The zero-order valence-electron chi connectivity index (χ0n) is 14.0. The molecule has 0 fully saturated rings. The third-order valence-electron chi connectivity index (χ3n) is 3.27. The van der Waals surface area contributed by atoms with Gasteiger partial charge in [0.1, 0.15) is 6.61 Å². The summed E-state index contributed by atoms with van der Waals surface area (Å²) >= 11 is 2.90. The number of thiophene rings is 1. The van der Waals surface area contributed by atoms with Crippen LogP contribution in [-0.4, -0.2) is 16.9 Å². The van der Waals surface area contributed by atoms with E-state index in [-0.39, 0.29) is 12.5 Å². The van der Waals surface area contributed by atoms with Crippen molar-refractivity contribution in [1.29, 1.82) is 0 Å². The highest BCUT2D eigenvalue weighted by atomic mass is 32.1. The number of benzene rings is 1. The van der Waals surface area contributed by atoms with Crippen LogP contribution in [0.25, 0.3) is 16.5 Å². The van der Waals surface area contributed by atoms with Gasteiger partial charge in [-0.05, 0) is 23.8 Å². The van der Waals surface area contributed by atoms with Gasteiger partial charge in [-0.3, -0.25) is 4.79 Å². The standard InChI is InChI=1S/C19H16N2O3S2/c1-13(22)20-19-21-15(12-25-19)11-24-18(23)10-8-16-7-9-17(26-16)14-5-3-2-4-6-14/h2-10,12H,11H2,1H3,(H,20,21,22)/b10-8+. The number of amides is 1. The Morgan fingerprint density at radius 3 is 2.77 bits per heavy atom. The molecule has 1 amide bonds. The van der Waals surface area contributed by atoms with E-state index >= 15 is 0 Å². The van der Waals surface area contributed by atoms with Crippen LogP contribution >= 0.6 is 22.7 Å². The van der Waals surface area contributed by atoms with Gasteiger partial charge in [0.25, 0.3) is 0 Å². The highest BCUT2D eigenvalue weighted by Gasteiger charge is 2.06. The molecule has 2 heterocycles.